The maximum absolute atomic E-state index is 12.7. The Balaban J connectivity index is 1.68. The molecular weight excluding hydrogens is 300 g/mol. The van der Waals surface area contributed by atoms with Gasteiger partial charge < -0.3 is 9.88 Å². The highest BCUT2D eigenvalue weighted by Crippen LogP contribution is 2.28. The minimum Gasteiger partial charge on any atom is -0.351 e. The summed E-state index contributed by atoms with van der Waals surface area (Å²) in [5, 5.41) is 5.92. The van der Waals surface area contributed by atoms with Gasteiger partial charge in [0, 0.05) is 35.1 Å². The van der Waals surface area contributed by atoms with E-state index in [1.165, 1.54) is 0 Å². The lowest BCUT2D eigenvalue weighted by Crippen LogP contribution is -2.26. The van der Waals surface area contributed by atoms with E-state index in [9.17, 15) is 4.79 Å². The number of nitrogens with one attached hydrogen (secondary N) is 1. The molecule has 0 radical (unpaired) electrons. The second-order valence-electron chi connectivity index (χ2n) is 5.72. The normalized spacial score (nSPS) is 13.9. The third-order valence-corrected chi connectivity index (χ3v) is 4.78. The number of benzene rings is 1. The smallest absolute Gasteiger partial charge is 0.270 e. The molecule has 0 saturated heterocycles. The zero-order valence-corrected chi connectivity index (χ0v) is 13.1. The SMILES string of the molecule is Cc1c(Cl)ccc2[nH]c(C(=O)N3Cc4cnn(C)c4C3)cc12. The highest BCUT2D eigenvalue weighted by molar-refractivity contribution is 6.32. The number of carbonyl (C=O) groups is 1. The molecule has 1 aliphatic rings. The molecule has 1 N–H and O–H groups in total. The van der Waals surface area contributed by atoms with Crippen molar-refractivity contribution in [2.45, 2.75) is 20.0 Å². The first-order valence-electron chi connectivity index (χ1n) is 7.11. The van der Waals surface area contributed by atoms with Gasteiger partial charge in [0.25, 0.3) is 5.91 Å². The quantitative estimate of drug-likeness (QED) is 0.750. The first-order chi connectivity index (χ1) is 10.5. The van der Waals surface area contributed by atoms with Crippen molar-refractivity contribution in [2.75, 3.05) is 0 Å². The van der Waals surface area contributed by atoms with Crippen molar-refractivity contribution >= 4 is 28.4 Å². The molecule has 0 fully saturated rings. The number of aryl methyl sites for hydroxylation is 2. The van der Waals surface area contributed by atoms with Gasteiger partial charge in [-0.25, -0.2) is 0 Å². The molecule has 0 atom stereocenters. The molecule has 0 unspecified atom stereocenters. The minimum atomic E-state index is 0.00271. The molecule has 1 aromatic carbocycles. The number of hydrogen-bond donors (Lipinski definition) is 1. The van der Waals surface area contributed by atoms with Crippen LogP contribution in [0.5, 0.6) is 0 Å². The van der Waals surface area contributed by atoms with Crippen molar-refractivity contribution < 1.29 is 4.79 Å². The number of fused-ring (bicyclic) bond motifs is 2. The summed E-state index contributed by atoms with van der Waals surface area (Å²) in [7, 11) is 1.90. The molecule has 0 spiro atoms. The number of carbonyl (C=O) groups excluding carboxylic acids is 1. The van der Waals surface area contributed by atoms with Crippen molar-refractivity contribution in [1.29, 1.82) is 0 Å². The maximum atomic E-state index is 12.7. The number of aromatic nitrogens is 3. The predicted octanol–water partition coefficient (Wildman–Crippen LogP) is 3.02. The zero-order chi connectivity index (χ0) is 15.4. The van der Waals surface area contributed by atoms with Crippen LogP contribution in [0.2, 0.25) is 5.02 Å². The Morgan fingerprint density at radius 2 is 2.18 bits per heavy atom. The van der Waals surface area contributed by atoms with E-state index in [0.717, 1.165) is 27.7 Å². The fraction of sp³-hybridized carbons (Fsp3) is 0.250. The molecule has 2 aromatic heterocycles. The average molecular weight is 315 g/mol. The van der Waals surface area contributed by atoms with Crippen molar-refractivity contribution in [1.82, 2.24) is 19.7 Å². The molecule has 3 heterocycles. The first-order valence-corrected chi connectivity index (χ1v) is 7.49. The summed E-state index contributed by atoms with van der Waals surface area (Å²) in [6, 6.07) is 5.64. The third kappa shape index (κ3) is 1.85. The Hall–Kier alpha value is -2.27. The lowest BCUT2D eigenvalue weighted by Gasteiger charge is -2.14. The molecule has 0 bridgehead atoms. The lowest BCUT2D eigenvalue weighted by molar-refractivity contribution is 0.0743. The summed E-state index contributed by atoms with van der Waals surface area (Å²) in [6.45, 7) is 3.17. The fourth-order valence-electron chi connectivity index (χ4n) is 3.04. The molecule has 22 heavy (non-hydrogen) atoms. The van der Waals surface area contributed by atoms with Crippen LogP contribution < -0.4 is 0 Å². The first kappa shape index (κ1) is 13.4. The van der Waals surface area contributed by atoms with Gasteiger partial charge >= 0.3 is 0 Å². The Kier molecular flexibility index (Phi) is 2.81. The molecule has 6 heteroatoms. The van der Waals surface area contributed by atoms with Gasteiger partial charge in [-0.3, -0.25) is 9.48 Å². The highest BCUT2D eigenvalue weighted by Gasteiger charge is 2.28. The summed E-state index contributed by atoms with van der Waals surface area (Å²) in [6.07, 6.45) is 1.83. The molecular formula is C16H15ClN4O. The maximum Gasteiger partial charge on any atom is 0.270 e. The van der Waals surface area contributed by atoms with Crippen LogP contribution in [0, 0.1) is 6.92 Å². The monoisotopic (exact) mass is 314 g/mol. The molecule has 4 rings (SSSR count). The molecule has 0 saturated carbocycles. The van der Waals surface area contributed by atoms with Gasteiger partial charge in [0.1, 0.15) is 5.69 Å². The second-order valence-corrected chi connectivity index (χ2v) is 6.13. The van der Waals surface area contributed by atoms with Gasteiger partial charge in [0.05, 0.1) is 18.4 Å². The van der Waals surface area contributed by atoms with Crippen LogP contribution in [0.25, 0.3) is 10.9 Å². The van der Waals surface area contributed by atoms with E-state index < -0.39 is 0 Å². The van der Waals surface area contributed by atoms with Crippen molar-refractivity contribution in [3.63, 3.8) is 0 Å². The van der Waals surface area contributed by atoms with Crippen LogP contribution in [0.3, 0.4) is 0 Å². The number of aromatic amines is 1. The number of nitrogens with zero attached hydrogens (tertiary/aromatic N) is 3. The van der Waals surface area contributed by atoms with Crippen LogP contribution in [0.1, 0.15) is 27.3 Å². The number of rotatable bonds is 1. The van der Waals surface area contributed by atoms with Gasteiger partial charge in [0.2, 0.25) is 0 Å². The van der Waals surface area contributed by atoms with Crippen molar-refractivity contribution in [2.24, 2.45) is 7.05 Å². The summed E-state index contributed by atoms with van der Waals surface area (Å²) >= 11 is 6.15. The molecule has 5 nitrogen and oxygen atoms in total. The second kappa shape index (κ2) is 4.61. The fourth-order valence-corrected chi connectivity index (χ4v) is 3.20. The van der Waals surface area contributed by atoms with E-state index in [2.05, 4.69) is 10.1 Å². The molecule has 0 aliphatic carbocycles. The largest absolute Gasteiger partial charge is 0.351 e. The van der Waals surface area contributed by atoms with Crippen LogP contribution >= 0.6 is 11.6 Å². The van der Waals surface area contributed by atoms with E-state index >= 15 is 0 Å². The standard InChI is InChI=1S/C16H15ClN4O/c1-9-11-5-14(19-13(11)4-3-12(9)17)16(22)21-7-10-6-18-20(2)15(10)8-21/h3-6,19H,7-8H2,1-2H3. The molecule has 1 amide bonds. The van der Waals surface area contributed by atoms with Crippen molar-refractivity contribution in [3.8, 4) is 0 Å². The Labute approximate surface area is 132 Å². The number of hydrogen-bond acceptors (Lipinski definition) is 2. The summed E-state index contributed by atoms with van der Waals surface area (Å²) < 4.78 is 1.83. The van der Waals surface area contributed by atoms with E-state index in [1.54, 1.807) is 0 Å². The van der Waals surface area contributed by atoms with Crippen LogP contribution in [-0.4, -0.2) is 25.6 Å². The Morgan fingerprint density at radius 3 is 2.95 bits per heavy atom. The third-order valence-electron chi connectivity index (χ3n) is 4.37. The van der Waals surface area contributed by atoms with Gasteiger partial charge in [0.15, 0.2) is 0 Å². The summed E-state index contributed by atoms with van der Waals surface area (Å²) in [5.41, 5.74) is 4.74. The summed E-state index contributed by atoms with van der Waals surface area (Å²) in [4.78, 5) is 17.8. The predicted molar refractivity (Wildman–Crippen MR) is 84.8 cm³/mol. The number of H-pyrrole nitrogens is 1. The van der Waals surface area contributed by atoms with E-state index in [1.807, 2.05) is 47.9 Å². The molecule has 1 aliphatic heterocycles. The van der Waals surface area contributed by atoms with Crippen LogP contribution in [0.4, 0.5) is 0 Å². The topological polar surface area (TPSA) is 53.9 Å². The van der Waals surface area contributed by atoms with E-state index in [4.69, 9.17) is 11.6 Å². The van der Waals surface area contributed by atoms with E-state index in [-0.39, 0.29) is 5.91 Å². The number of amides is 1. The van der Waals surface area contributed by atoms with Gasteiger partial charge in [-0.1, -0.05) is 11.6 Å². The Bertz CT molecular complexity index is 908. The molecule has 112 valence electrons. The highest BCUT2D eigenvalue weighted by atomic mass is 35.5. The van der Waals surface area contributed by atoms with E-state index in [0.29, 0.717) is 23.8 Å². The average Bonchev–Trinajstić information content (AvgIpc) is 3.18. The summed E-state index contributed by atoms with van der Waals surface area (Å²) in [5.74, 6) is 0.00271. The Morgan fingerprint density at radius 1 is 1.36 bits per heavy atom. The zero-order valence-electron chi connectivity index (χ0n) is 12.4. The lowest BCUT2D eigenvalue weighted by atomic mass is 10.1. The van der Waals surface area contributed by atoms with Gasteiger partial charge in [-0.2, -0.15) is 5.10 Å². The van der Waals surface area contributed by atoms with Crippen molar-refractivity contribution in [3.05, 3.63) is 51.9 Å². The number of halogens is 1. The van der Waals surface area contributed by atoms with Gasteiger partial charge in [-0.15, -0.1) is 0 Å². The minimum absolute atomic E-state index is 0.00271. The van der Waals surface area contributed by atoms with Crippen LogP contribution in [0.15, 0.2) is 24.4 Å². The van der Waals surface area contributed by atoms with Crippen LogP contribution in [-0.2, 0) is 20.1 Å². The molecule has 3 aromatic rings. The van der Waals surface area contributed by atoms with Gasteiger partial charge in [-0.05, 0) is 30.7 Å².